The quantitative estimate of drug-likeness (QED) is 0.514. The lowest BCUT2D eigenvalue weighted by atomic mass is 9.99. The summed E-state index contributed by atoms with van der Waals surface area (Å²) in [5.74, 6) is -0.148. The molecule has 1 saturated heterocycles. The van der Waals surface area contributed by atoms with Crippen LogP contribution in [0, 0.1) is 6.92 Å². The Kier molecular flexibility index (Phi) is 7.62. The highest BCUT2D eigenvalue weighted by molar-refractivity contribution is 6.30. The summed E-state index contributed by atoms with van der Waals surface area (Å²) in [4.78, 5) is 43.3. The van der Waals surface area contributed by atoms with Gasteiger partial charge < -0.3 is 20.3 Å². The molecule has 2 N–H and O–H groups in total. The van der Waals surface area contributed by atoms with Gasteiger partial charge in [0.2, 0.25) is 5.91 Å². The van der Waals surface area contributed by atoms with Crippen LogP contribution in [-0.4, -0.2) is 55.4 Å². The Morgan fingerprint density at radius 2 is 1.71 bits per heavy atom. The molecule has 9 heteroatoms. The standard InChI is InChI=1S/C29H29ClN4O4/c1-19-2-4-20(5-3-19)26-17-27(35)32-24-16-21(29(37)33-14-12-31-13-15-33)6-11-25(24)34(26)28(36)18-38-23-9-7-22(30)8-10-23/h2-11,16,26,31H,12-15,17-18H2,1H3,(H,32,35). The van der Waals surface area contributed by atoms with Gasteiger partial charge in [-0.2, -0.15) is 0 Å². The molecule has 0 spiro atoms. The lowest BCUT2D eigenvalue weighted by Gasteiger charge is -2.31. The fraction of sp³-hybridized carbons (Fsp3) is 0.276. The van der Waals surface area contributed by atoms with Crippen LogP contribution in [0.2, 0.25) is 5.02 Å². The second-order valence-electron chi connectivity index (χ2n) is 9.46. The van der Waals surface area contributed by atoms with Gasteiger partial charge in [-0.3, -0.25) is 19.3 Å². The molecule has 3 aromatic carbocycles. The van der Waals surface area contributed by atoms with Crippen molar-refractivity contribution in [2.45, 2.75) is 19.4 Å². The molecule has 1 unspecified atom stereocenters. The van der Waals surface area contributed by atoms with Gasteiger partial charge >= 0.3 is 0 Å². The number of hydrogen-bond donors (Lipinski definition) is 2. The van der Waals surface area contributed by atoms with E-state index in [9.17, 15) is 14.4 Å². The van der Waals surface area contributed by atoms with Crippen LogP contribution in [0.4, 0.5) is 11.4 Å². The van der Waals surface area contributed by atoms with Gasteiger partial charge in [0, 0.05) is 36.8 Å². The van der Waals surface area contributed by atoms with Crippen LogP contribution in [0.15, 0.2) is 66.7 Å². The molecule has 5 rings (SSSR count). The number of hydrogen-bond acceptors (Lipinski definition) is 5. The Bertz CT molecular complexity index is 1340. The van der Waals surface area contributed by atoms with E-state index in [0.29, 0.717) is 40.8 Å². The van der Waals surface area contributed by atoms with Crippen LogP contribution < -0.4 is 20.3 Å². The van der Waals surface area contributed by atoms with Gasteiger partial charge in [0.25, 0.3) is 11.8 Å². The zero-order chi connectivity index (χ0) is 26.6. The van der Waals surface area contributed by atoms with E-state index in [1.165, 1.54) is 0 Å². The first-order chi connectivity index (χ1) is 18.4. The molecule has 0 saturated carbocycles. The van der Waals surface area contributed by atoms with Gasteiger partial charge in [-0.1, -0.05) is 41.4 Å². The number of fused-ring (bicyclic) bond motifs is 1. The lowest BCUT2D eigenvalue weighted by Crippen LogP contribution is -2.46. The smallest absolute Gasteiger partial charge is 0.265 e. The van der Waals surface area contributed by atoms with E-state index in [1.54, 1.807) is 52.3 Å². The predicted octanol–water partition coefficient (Wildman–Crippen LogP) is 4.19. The monoisotopic (exact) mass is 532 g/mol. The van der Waals surface area contributed by atoms with Crippen LogP contribution in [0.25, 0.3) is 0 Å². The maximum absolute atomic E-state index is 13.7. The summed E-state index contributed by atoms with van der Waals surface area (Å²) in [5, 5.41) is 6.74. The van der Waals surface area contributed by atoms with E-state index in [0.717, 1.165) is 24.2 Å². The maximum Gasteiger partial charge on any atom is 0.265 e. The van der Waals surface area contributed by atoms with Crippen molar-refractivity contribution in [3.05, 3.63) is 88.4 Å². The average Bonchev–Trinajstić information content (AvgIpc) is 3.08. The van der Waals surface area contributed by atoms with Crippen molar-refractivity contribution in [3.63, 3.8) is 0 Å². The highest BCUT2D eigenvalue weighted by atomic mass is 35.5. The zero-order valence-corrected chi connectivity index (χ0v) is 21.8. The normalized spacial score (nSPS) is 17.3. The van der Waals surface area contributed by atoms with Crippen molar-refractivity contribution >= 4 is 40.7 Å². The first-order valence-corrected chi connectivity index (χ1v) is 13.0. The minimum Gasteiger partial charge on any atom is -0.484 e. The van der Waals surface area contributed by atoms with Crippen LogP contribution in [0.5, 0.6) is 5.75 Å². The molecule has 0 aromatic heterocycles. The number of benzene rings is 3. The van der Waals surface area contributed by atoms with Crippen molar-refractivity contribution < 1.29 is 19.1 Å². The molecule has 2 heterocycles. The van der Waals surface area contributed by atoms with Crippen LogP contribution in [-0.2, 0) is 9.59 Å². The number of halogens is 1. The largest absolute Gasteiger partial charge is 0.484 e. The first-order valence-electron chi connectivity index (χ1n) is 12.6. The van der Waals surface area contributed by atoms with Crippen LogP contribution in [0.1, 0.15) is 33.9 Å². The van der Waals surface area contributed by atoms with Crippen molar-refractivity contribution in [1.29, 1.82) is 0 Å². The number of aryl methyl sites for hydroxylation is 1. The minimum absolute atomic E-state index is 0.0610. The highest BCUT2D eigenvalue weighted by Crippen LogP contribution is 2.39. The summed E-state index contributed by atoms with van der Waals surface area (Å²) in [7, 11) is 0. The summed E-state index contributed by atoms with van der Waals surface area (Å²) in [6.07, 6.45) is 0.0610. The molecular weight excluding hydrogens is 504 g/mol. The van der Waals surface area contributed by atoms with E-state index in [2.05, 4.69) is 10.6 Å². The third-order valence-electron chi connectivity index (χ3n) is 6.78. The molecule has 0 radical (unpaired) electrons. The van der Waals surface area contributed by atoms with E-state index >= 15 is 0 Å². The second kappa shape index (κ2) is 11.2. The molecule has 1 atom stereocenters. The number of amides is 3. The molecule has 2 aliphatic rings. The molecule has 3 aromatic rings. The third kappa shape index (κ3) is 5.66. The number of nitrogens with one attached hydrogen (secondary N) is 2. The molecule has 3 amide bonds. The first kappa shape index (κ1) is 25.8. The van der Waals surface area contributed by atoms with E-state index in [1.807, 2.05) is 31.2 Å². The van der Waals surface area contributed by atoms with Crippen molar-refractivity contribution in [3.8, 4) is 5.75 Å². The Morgan fingerprint density at radius 3 is 2.42 bits per heavy atom. The van der Waals surface area contributed by atoms with Gasteiger partial charge in [0.05, 0.1) is 23.8 Å². The molecule has 1 fully saturated rings. The SMILES string of the molecule is Cc1ccc(C2CC(=O)Nc3cc(C(=O)N4CCNCC4)ccc3N2C(=O)COc2ccc(Cl)cc2)cc1. The van der Waals surface area contributed by atoms with Gasteiger partial charge in [-0.15, -0.1) is 0 Å². The topological polar surface area (TPSA) is 91.0 Å². The Hall–Kier alpha value is -3.88. The summed E-state index contributed by atoms with van der Waals surface area (Å²) in [6.45, 7) is 4.45. The number of anilines is 2. The number of ether oxygens (including phenoxy) is 1. The lowest BCUT2D eigenvalue weighted by molar-refractivity contribution is -0.121. The van der Waals surface area contributed by atoms with E-state index in [-0.39, 0.29) is 30.7 Å². The maximum atomic E-state index is 13.7. The fourth-order valence-corrected chi connectivity index (χ4v) is 4.90. The number of carbonyl (C=O) groups excluding carboxylic acids is 3. The van der Waals surface area contributed by atoms with Gasteiger partial charge in [0.1, 0.15) is 5.75 Å². The number of piperazine rings is 1. The van der Waals surface area contributed by atoms with Gasteiger partial charge in [-0.25, -0.2) is 0 Å². The van der Waals surface area contributed by atoms with Crippen molar-refractivity contribution in [2.75, 3.05) is 43.0 Å². The molecule has 8 nitrogen and oxygen atoms in total. The molecule has 2 aliphatic heterocycles. The zero-order valence-electron chi connectivity index (χ0n) is 21.1. The highest BCUT2D eigenvalue weighted by Gasteiger charge is 2.34. The predicted molar refractivity (Wildman–Crippen MR) is 147 cm³/mol. The van der Waals surface area contributed by atoms with Gasteiger partial charge in [-0.05, 0) is 55.0 Å². The average molecular weight is 533 g/mol. The summed E-state index contributed by atoms with van der Waals surface area (Å²) in [6, 6.07) is 19.1. The van der Waals surface area contributed by atoms with Crippen molar-refractivity contribution in [1.82, 2.24) is 10.2 Å². The molecule has 0 aliphatic carbocycles. The van der Waals surface area contributed by atoms with Crippen LogP contribution >= 0.6 is 11.6 Å². The Morgan fingerprint density at radius 1 is 1.00 bits per heavy atom. The third-order valence-corrected chi connectivity index (χ3v) is 7.03. The molecular formula is C29H29ClN4O4. The fourth-order valence-electron chi connectivity index (χ4n) is 4.77. The van der Waals surface area contributed by atoms with Crippen LogP contribution in [0.3, 0.4) is 0 Å². The van der Waals surface area contributed by atoms with Gasteiger partial charge in [0.15, 0.2) is 6.61 Å². The number of carbonyl (C=O) groups is 3. The van der Waals surface area contributed by atoms with E-state index in [4.69, 9.17) is 16.3 Å². The Balaban J connectivity index is 1.50. The van der Waals surface area contributed by atoms with E-state index < -0.39 is 6.04 Å². The summed E-state index contributed by atoms with van der Waals surface area (Å²) < 4.78 is 5.78. The number of rotatable bonds is 5. The molecule has 38 heavy (non-hydrogen) atoms. The van der Waals surface area contributed by atoms with Crippen molar-refractivity contribution in [2.24, 2.45) is 0 Å². The summed E-state index contributed by atoms with van der Waals surface area (Å²) in [5.41, 5.74) is 3.31. The molecule has 196 valence electrons. The second-order valence-corrected chi connectivity index (χ2v) is 9.90. The Labute approximate surface area is 226 Å². The molecule has 0 bridgehead atoms. The minimum atomic E-state index is -0.548. The summed E-state index contributed by atoms with van der Waals surface area (Å²) >= 11 is 5.97. The number of nitrogens with zero attached hydrogens (tertiary/aromatic N) is 2.